The number of amides is 1. The van der Waals surface area contributed by atoms with Gasteiger partial charge in [0.05, 0.1) is 24.5 Å². The zero-order chi connectivity index (χ0) is 18.5. The van der Waals surface area contributed by atoms with Crippen molar-refractivity contribution in [1.82, 2.24) is 20.5 Å². The average molecular weight is 419 g/mol. The molecule has 0 fully saturated rings. The first-order valence-corrected chi connectivity index (χ1v) is 8.61. The second-order valence-electron chi connectivity index (χ2n) is 5.54. The average Bonchev–Trinajstić information content (AvgIpc) is 3.12. The SMILES string of the molecule is COc1ccc(-c2n[nH]c(CNC(=O)Cc3ccc(F)c(Br)c3)n2)cc1. The lowest BCUT2D eigenvalue weighted by Crippen LogP contribution is -2.25. The highest BCUT2D eigenvalue weighted by atomic mass is 79.9. The Labute approximate surface area is 157 Å². The fraction of sp³-hybridized carbons (Fsp3) is 0.167. The maximum Gasteiger partial charge on any atom is 0.224 e. The Balaban J connectivity index is 1.56. The molecule has 1 amide bonds. The predicted octanol–water partition coefficient (Wildman–Crippen LogP) is 3.24. The molecule has 0 aliphatic carbocycles. The summed E-state index contributed by atoms with van der Waals surface area (Å²) in [5.41, 5.74) is 1.56. The van der Waals surface area contributed by atoms with E-state index in [0.717, 1.165) is 11.3 Å². The summed E-state index contributed by atoms with van der Waals surface area (Å²) in [5, 5.41) is 9.72. The van der Waals surface area contributed by atoms with Crippen LogP contribution in [0, 0.1) is 5.82 Å². The van der Waals surface area contributed by atoms with E-state index in [2.05, 4.69) is 36.4 Å². The van der Waals surface area contributed by atoms with Crippen molar-refractivity contribution in [3.8, 4) is 17.1 Å². The van der Waals surface area contributed by atoms with E-state index in [4.69, 9.17) is 4.74 Å². The number of H-pyrrole nitrogens is 1. The van der Waals surface area contributed by atoms with Crippen LogP contribution in [0.1, 0.15) is 11.4 Å². The normalized spacial score (nSPS) is 10.6. The van der Waals surface area contributed by atoms with E-state index in [9.17, 15) is 9.18 Å². The molecular formula is C18H16BrFN4O2. The van der Waals surface area contributed by atoms with Gasteiger partial charge in [0.1, 0.15) is 17.4 Å². The molecule has 1 heterocycles. The fourth-order valence-corrected chi connectivity index (χ4v) is 2.75. The number of ether oxygens (including phenoxy) is 1. The Morgan fingerprint density at radius 1 is 1.27 bits per heavy atom. The number of nitrogens with one attached hydrogen (secondary N) is 2. The molecule has 1 aromatic heterocycles. The molecule has 0 aliphatic heterocycles. The van der Waals surface area contributed by atoms with Gasteiger partial charge in [-0.05, 0) is 57.9 Å². The van der Waals surface area contributed by atoms with Crippen molar-refractivity contribution in [3.63, 3.8) is 0 Å². The molecule has 3 aromatic rings. The van der Waals surface area contributed by atoms with Gasteiger partial charge in [0.2, 0.25) is 5.91 Å². The Bertz CT molecular complexity index is 912. The van der Waals surface area contributed by atoms with Crippen molar-refractivity contribution in [2.75, 3.05) is 7.11 Å². The molecule has 2 N–H and O–H groups in total. The lowest BCUT2D eigenvalue weighted by Gasteiger charge is -2.04. The number of nitrogens with zero attached hydrogens (tertiary/aromatic N) is 2. The smallest absolute Gasteiger partial charge is 0.224 e. The predicted molar refractivity (Wildman–Crippen MR) is 98.0 cm³/mol. The fourth-order valence-electron chi connectivity index (χ4n) is 2.32. The molecule has 0 atom stereocenters. The van der Waals surface area contributed by atoms with Crippen LogP contribution in [0.15, 0.2) is 46.9 Å². The lowest BCUT2D eigenvalue weighted by molar-refractivity contribution is -0.120. The van der Waals surface area contributed by atoms with Gasteiger partial charge in [0.15, 0.2) is 5.82 Å². The molecule has 26 heavy (non-hydrogen) atoms. The summed E-state index contributed by atoms with van der Waals surface area (Å²) in [5.74, 6) is 1.29. The summed E-state index contributed by atoms with van der Waals surface area (Å²) < 4.78 is 18.7. The Hall–Kier alpha value is -2.74. The molecule has 0 bridgehead atoms. The van der Waals surface area contributed by atoms with Gasteiger partial charge in [-0.3, -0.25) is 9.89 Å². The third kappa shape index (κ3) is 4.45. The van der Waals surface area contributed by atoms with Crippen LogP contribution in [0.3, 0.4) is 0 Å². The number of benzene rings is 2. The topological polar surface area (TPSA) is 79.9 Å². The summed E-state index contributed by atoms with van der Waals surface area (Å²) in [6.45, 7) is 0.227. The summed E-state index contributed by atoms with van der Waals surface area (Å²) in [6, 6.07) is 11.9. The van der Waals surface area contributed by atoms with Crippen LogP contribution in [0.2, 0.25) is 0 Å². The van der Waals surface area contributed by atoms with E-state index in [1.165, 1.54) is 6.07 Å². The first-order valence-electron chi connectivity index (χ1n) is 7.81. The van der Waals surface area contributed by atoms with Crippen molar-refractivity contribution in [1.29, 1.82) is 0 Å². The van der Waals surface area contributed by atoms with Gasteiger partial charge in [-0.25, -0.2) is 9.37 Å². The molecule has 134 valence electrons. The number of halogens is 2. The van der Waals surface area contributed by atoms with Gasteiger partial charge >= 0.3 is 0 Å². The monoisotopic (exact) mass is 418 g/mol. The molecule has 0 radical (unpaired) electrons. The maximum atomic E-state index is 13.2. The molecule has 0 aliphatic rings. The molecule has 0 saturated heterocycles. The first-order chi connectivity index (χ1) is 12.5. The molecule has 0 unspecified atom stereocenters. The van der Waals surface area contributed by atoms with Crippen LogP contribution >= 0.6 is 15.9 Å². The third-order valence-electron chi connectivity index (χ3n) is 3.68. The molecule has 8 heteroatoms. The molecule has 6 nitrogen and oxygen atoms in total. The number of hydrogen-bond donors (Lipinski definition) is 2. The van der Waals surface area contributed by atoms with E-state index in [1.807, 2.05) is 24.3 Å². The van der Waals surface area contributed by atoms with E-state index in [0.29, 0.717) is 21.7 Å². The van der Waals surface area contributed by atoms with Crippen LogP contribution in [-0.2, 0) is 17.8 Å². The van der Waals surface area contributed by atoms with Crippen molar-refractivity contribution >= 4 is 21.8 Å². The van der Waals surface area contributed by atoms with Crippen LogP contribution in [0.5, 0.6) is 5.75 Å². The lowest BCUT2D eigenvalue weighted by atomic mass is 10.1. The summed E-state index contributed by atoms with van der Waals surface area (Å²) in [4.78, 5) is 16.4. The zero-order valence-corrected chi connectivity index (χ0v) is 15.5. The number of methoxy groups -OCH3 is 1. The van der Waals surface area contributed by atoms with Gasteiger partial charge in [0, 0.05) is 5.56 Å². The van der Waals surface area contributed by atoms with Gasteiger partial charge in [-0.2, -0.15) is 5.10 Å². The minimum atomic E-state index is -0.359. The summed E-state index contributed by atoms with van der Waals surface area (Å²) >= 11 is 3.11. The molecule has 3 rings (SSSR count). The minimum Gasteiger partial charge on any atom is -0.497 e. The van der Waals surface area contributed by atoms with Crippen LogP contribution in [0.25, 0.3) is 11.4 Å². The Morgan fingerprint density at radius 3 is 2.73 bits per heavy atom. The molecular weight excluding hydrogens is 403 g/mol. The summed E-state index contributed by atoms with van der Waals surface area (Å²) in [6.07, 6.45) is 0.151. The molecule has 0 saturated carbocycles. The highest BCUT2D eigenvalue weighted by Crippen LogP contribution is 2.19. The van der Waals surface area contributed by atoms with Crippen LogP contribution < -0.4 is 10.1 Å². The standard InChI is InChI=1S/C18H16BrFN4O2/c1-26-13-5-3-12(4-6-13)18-22-16(23-24-18)10-21-17(25)9-11-2-7-15(20)14(19)8-11/h2-8H,9-10H2,1H3,(H,21,25)(H,22,23,24). The van der Waals surface area contributed by atoms with Crippen molar-refractivity contribution < 1.29 is 13.9 Å². The highest BCUT2D eigenvalue weighted by molar-refractivity contribution is 9.10. The van der Waals surface area contributed by atoms with Gasteiger partial charge in [0.25, 0.3) is 0 Å². The van der Waals surface area contributed by atoms with Gasteiger partial charge in [-0.15, -0.1) is 0 Å². The first kappa shape index (κ1) is 18.1. The van der Waals surface area contributed by atoms with Crippen LogP contribution in [-0.4, -0.2) is 28.2 Å². The van der Waals surface area contributed by atoms with Crippen molar-refractivity contribution in [2.24, 2.45) is 0 Å². The van der Waals surface area contributed by atoms with Crippen LogP contribution in [0.4, 0.5) is 4.39 Å². The highest BCUT2D eigenvalue weighted by Gasteiger charge is 2.09. The van der Waals surface area contributed by atoms with E-state index in [-0.39, 0.29) is 24.7 Å². The zero-order valence-electron chi connectivity index (χ0n) is 13.9. The van der Waals surface area contributed by atoms with Gasteiger partial charge in [-0.1, -0.05) is 6.07 Å². The maximum absolute atomic E-state index is 13.2. The second kappa shape index (κ2) is 8.09. The molecule has 2 aromatic carbocycles. The van der Waals surface area contributed by atoms with Gasteiger partial charge < -0.3 is 10.1 Å². The second-order valence-corrected chi connectivity index (χ2v) is 6.39. The summed E-state index contributed by atoms with van der Waals surface area (Å²) in [7, 11) is 1.60. The number of aromatic amines is 1. The quantitative estimate of drug-likeness (QED) is 0.643. The molecule has 0 spiro atoms. The Morgan fingerprint density at radius 2 is 2.04 bits per heavy atom. The van der Waals surface area contributed by atoms with Crippen molar-refractivity contribution in [2.45, 2.75) is 13.0 Å². The third-order valence-corrected chi connectivity index (χ3v) is 4.29. The number of carbonyl (C=O) groups is 1. The Kier molecular flexibility index (Phi) is 5.62. The number of rotatable bonds is 6. The minimum absolute atomic E-state index is 0.151. The van der Waals surface area contributed by atoms with E-state index < -0.39 is 0 Å². The van der Waals surface area contributed by atoms with E-state index >= 15 is 0 Å². The number of hydrogen-bond acceptors (Lipinski definition) is 4. The van der Waals surface area contributed by atoms with E-state index in [1.54, 1.807) is 19.2 Å². The largest absolute Gasteiger partial charge is 0.497 e. The number of aromatic nitrogens is 3. The van der Waals surface area contributed by atoms with Crippen molar-refractivity contribution in [3.05, 3.63) is 64.1 Å². The number of carbonyl (C=O) groups excluding carboxylic acids is 1.